The number of nitriles is 2. The van der Waals surface area contributed by atoms with Gasteiger partial charge in [0.05, 0.1) is 33.9 Å². The Balaban J connectivity index is 1.19. The number of anilines is 6. The summed E-state index contributed by atoms with van der Waals surface area (Å²) < 4.78 is 0. The van der Waals surface area contributed by atoms with Crippen LogP contribution in [0, 0.1) is 22.7 Å². The minimum atomic E-state index is 0.586. The largest absolute Gasteiger partial charge is 0.309 e. The molecule has 0 saturated carbocycles. The second-order valence-electron chi connectivity index (χ2n) is 14.4. The third-order valence-electron chi connectivity index (χ3n) is 11.1. The molecule has 270 valence electrons. The maximum absolute atomic E-state index is 10.6. The fourth-order valence-electron chi connectivity index (χ4n) is 8.39. The molecule has 0 heterocycles. The van der Waals surface area contributed by atoms with Gasteiger partial charge in [-0.25, -0.2) is 0 Å². The summed E-state index contributed by atoms with van der Waals surface area (Å²) in [6.07, 6.45) is 0. The van der Waals surface area contributed by atoms with Gasteiger partial charge in [0, 0.05) is 22.1 Å². The van der Waals surface area contributed by atoms with E-state index >= 15 is 0 Å². The van der Waals surface area contributed by atoms with E-state index in [0.717, 1.165) is 88.7 Å². The molecule has 0 unspecified atom stereocenters. The Morgan fingerprint density at radius 1 is 0.310 bits per heavy atom. The fourth-order valence-corrected chi connectivity index (χ4v) is 8.39. The van der Waals surface area contributed by atoms with Crippen molar-refractivity contribution in [2.45, 2.75) is 0 Å². The highest BCUT2D eigenvalue weighted by Crippen LogP contribution is 2.48. The second-order valence-corrected chi connectivity index (χ2v) is 14.4. The second kappa shape index (κ2) is 14.5. The van der Waals surface area contributed by atoms with E-state index in [1.807, 2.05) is 84.9 Å². The molecule has 0 aromatic heterocycles. The van der Waals surface area contributed by atoms with Gasteiger partial charge >= 0.3 is 0 Å². The first-order chi connectivity index (χ1) is 28.7. The maximum Gasteiger partial charge on any atom is 0.101 e. The molecular formula is C54H34N4. The van der Waals surface area contributed by atoms with E-state index in [4.69, 9.17) is 0 Å². The van der Waals surface area contributed by atoms with Crippen LogP contribution in [0.1, 0.15) is 11.1 Å². The third kappa shape index (κ3) is 5.85. The lowest BCUT2D eigenvalue weighted by Crippen LogP contribution is -2.13. The Hall–Kier alpha value is -8.18. The summed E-state index contributed by atoms with van der Waals surface area (Å²) in [5.41, 5.74) is 10.8. The quantitative estimate of drug-likeness (QED) is 0.146. The Bertz CT molecular complexity index is 2960. The number of hydrogen-bond acceptors (Lipinski definition) is 4. The third-order valence-corrected chi connectivity index (χ3v) is 11.1. The summed E-state index contributed by atoms with van der Waals surface area (Å²) in [4.78, 5) is 4.42. The van der Waals surface area contributed by atoms with Crippen molar-refractivity contribution in [3.63, 3.8) is 0 Å². The molecule has 0 aliphatic carbocycles. The Kier molecular flexibility index (Phi) is 8.57. The van der Waals surface area contributed by atoms with Crippen LogP contribution in [0.2, 0.25) is 0 Å². The van der Waals surface area contributed by atoms with Crippen LogP contribution in [0.5, 0.6) is 0 Å². The normalized spacial score (nSPS) is 11.1. The van der Waals surface area contributed by atoms with Crippen LogP contribution in [0.25, 0.3) is 54.6 Å². The minimum Gasteiger partial charge on any atom is -0.309 e. The zero-order valence-electron chi connectivity index (χ0n) is 31.4. The first-order valence-corrected chi connectivity index (χ1v) is 19.3. The van der Waals surface area contributed by atoms with E-state index in [2.05, 4.69) is 143 Å². The topological polar surface area (TPSA) is 54.1 Å². The zero-order chi connectivity index (χ0) is 39.0. The van der Waals surface area contributed by atoms with Crippen molar-refractivity contribution in [2.24, 2.45) is 0 Å². The molecule has 0 spiro atoms. The summed E-state index contributed by atoms with van der Waals surface area (Å²) in [6.45, 7) is 0. The van der Waals surface area contributed by atoms with Crippen LogP contribution in [0.4, 0.5) is 34.1 Å². The van der Waals surface area contributed by atoms with Crippen molar-refractivity contribution in [1.29, 1.82) is 10.5 Å². The van der Waals surface area contributed by atoms with Crippen LogP contribution in [-0.4, -0.2) is 0 Å². The van der Waals surface area contributed by atoms with Gasteiger partial charge in [0.25, 0.3) is 0 Å². The molecule has 0 aliphatic rings. The van der Waals surface area contributed by atoms with Gasteiger partial charge in [0.15, 0.2) is 0 Å². The lowest BCUT2D eigenvalue weighted by molar-refractivity contribution is 1.28. The average molecular weight is 739 g/mol. The van der Waals surface area contributed by atoms with Gasteiger partial charge in [-0.05, 0) is 104 Å². The first kappa shape index (κ1) is 34.3. The highest BCUT2D eigenvalue weighted by Gasteiger charge is 2.24. The summed E-state index contributed by atoms with van der Waals surface area (Å²) in [7, 11) is 0. The van der Waals surface area contributed by atoms with E-state index in [0.29, 0.717) is 11.1 Å². The van der Waals surface area contributed by atoms with Crippen LogP contribution in [0.3, 0.4) is 0 Å². The van der Waals surface area contributed by atoms with Crippen LogP contribution >= 0.6 is 0 Å². The highest BCUT2D eigenvalue weighted by molar-refractivity contribution is 6.28. The molecule has 0 bridgehead atoms. The molecule has 10 rings (SSSR count). The summed E-state index contributed by atoms with van der Waals surface area (Å²) in [5.74, 6) is 0. The monoisotopic (exact) mass is 738 g/mol. The maximum atomic E-state index is 10.6. The number of hydrogen-bond donors (Lipinski definition) is 0. The predicted octanol–water partition coefficient (Wildman–Crippen LogP) is 14.6. The Morgan fingerprint density at radius 3 is 1.03 bits per heavy atom. The number of para-hydroxylation sites is 2. The molecule has 0 radical (unpaired) electrons. The summed E-state index contributed by atoms with van der Waals surface area (Å²) in [5, 5.41) is 28.0. The summed E-state index contributed by atoms with van der Waals surface area (Å²) >= 11 is 0. The number of rotatable bonds is 8. The van der Waals surface area contributed by atoms with Gasteiger partial charge in [-0.2, -0.15) is 10.5 Å². The molecule has 0 saturated heterocycles. The smallest absolute Gasteiger partial charge is 0.101 e. The summed E-state index contributed by atoms with van der Waals surface area (Å²) in [6, 6.07) is 75.8. The number of nitrogens with zero attached hydrogens (tertiary/aromatic N) is 4. The van der Waals surface area contributed by atoms with Crippen molar-refractivity contribution in [3.8, 4) is 34.4 Å². The van der Waals surface area contributed by atoms with E-state index in [-0.39, 0.29) is 0 Å². The fraction of sp³-hybridized carbons (Fsp3) is 0. The lowest BCUT2D eigenvalue weighted by Gasteiger charge is -2.30. The Labute approximate surface area is 337 Å². The van der Waals surface area contributed by atoms with Crippen LogP contribution < -0.4 is 9.80 Å². The minimum absolute atomic E-state index is 0.586. The molecule has 0 amide bonds. The zero-order valence-corrected chi connectivity index (χ0v) is 31.4. The molecule has 10 aromatic carbocycles. The van der Waals surface area contributed by atoms with Gasteiger partial charge in [-0.15, -0.1) is 0 Å². The average Bonchev–Trinajstić information content (AvgIpc) is 3.30. The standard InChI is InChI=1S/C54H34N4/c55-35-43-33-41(37-13-5-1-6-14-37)25-29-49(43)57(45-17-9-3-10-18-45)51-31-23-39-22-28-48-52(32-24-40-21-27-47(51)53(39)54(40)48)58(46-19-11-4-12-20-46)50-30-26-42(34-44(50)36-56)38-15-7-2-8-16-38/h1-34H. The van der Waals surface area contributed by atoms with E-state index < -0.39 is 0 Å². The van der Waals surface area contributed by atoms with E-state index in [9.17, 15) is 10.5 Å². The van der Waals surface area contributed by atoms with Gasteiger partial charge in [-0.1, -0.05) is 146 Å². The van der Waals surface area contributed by atoms with Gasteiger partial charge < -0.3 is 9.80 Å². The Morgan fingerprint density at radius 2 is 0.655 bits per heavy atom. The lowest BCUT2D eigenvalue weighted by atomic mass is 9.91. The molecule has 0 aliphatic heterocycles. The molecule has 10 aromatic rings. The highest BCUT2D eigenvalue weighted by atomic mass is 15.2. The molecule has 4 nitrogen and oxygen atoms in total. The van der Waals surface area contributed by atoms with Crippen molar-refractivity contribution in [1.82, 2.24) is 0 Å². The van der Waals surface area contributed by atoms with Gasteiger partial charge in [0.2, 0.25) is 0 Å². The molecule has 0 N–H and O–H groups in total. The van der Waals surface area contributed by atoms with Crippen molar-refractivity contribution in [3.05, 3.63) is 217 Å². The molecule has 0 atom stereocenters. The van der Waals surface area contributed by atoms with Crippen molar-refractivity contribution < 1.29 is 0 Å². The van der Waals surface area contributed by atoms with E-state index in [1.54, 1.807) is 0 Å². The molecule has 4 heteroatoms. The van der Waals surface area contributed by atoms with Crippen LogP contribution in [0.15, 0.2) is 206 Å². The molecular weight excluding hydrogens is 705 g/mol. The number of benzene rings is 10. The van der Waals surface area contributed by atoms with E-state index in [1.165, 1.54) is 0 Å². The van der Waals surface area contributed by atoms with Gasteiger partial charge in [-0.3, -0.25) is 0 Å². The van der Waals surface area contributed by atoms with Gasteiger partial charge in [0.1, 0.15) is 12.1 Å². The molecule has 58 heavy (non-hydrogen) atoms. The van der Waals surface area contributed by atoms with Crippen LogP contribution in [-0.2, 0) is 0 Å². The van der Waals surface area contributed by atoms with Crippen molar-refractivity contribution in [2.75, 3.05) is 9.80 Å². The van der Waals surface area contributed by atoms with Crippen molar-refractivity contribution >= 4 is 66.4 Å². The predicted molar refractivity (Wildman–Crippen MR) is 240 cm³/mol. The SMILES string of the molecule is N#Cc1cc(-c2ccccc2)ccc1N(c1ccccc1)c1ccc2ccc3c(N(c4ccccc4)c4ccc(-c5ccccc5)cc4C#N)ccc4ccc1c2c43. The molecule has 0 fully saturated rings. The first-order valence-electron chi connectivity index (χ1n) is 19.3.